The third kappa shape index (κ3) is 2.91. The molecule has 0 radical (unpaired) electrons. The summed E-state index contributed by atoms with van der Waals surface area (Å²) in [6, 6.07) is 9.87. The van der Waals surface area contributed by atoms with Crippen LogP contribution in [0, 0.1) is 24.2 Å². The minimum atomic E-state index is -0.0921. The number of hydrogen-bond acceptors (Lipinski definition) is 5. The van der Waals surface area contributed by atoms with Gasteiger partial charge < -0.3 is 4.74 Å². The van der Waals surface area contributed by atoms with E-state index in [2.05, 4.69) is 22.0 Å². The van der Waals surface area contributed by atoms with Gasteiger partial charge in [-0.1, -0.05) is 12.1 Å². The van der Waals surface area contributed by atoms with Crippen molar-refractivity contribution >= 4 is 11.7 Å². The zero-order chi connectivity index (χ0) is 17.3. The number of nitrogens with one attached hydrogen (secondary N) is 2. The molecule has 1 heterocycles. The molecule has 7 nitrogen and oxygen atoms in total. The summed E-state index contributed by atoms with van der Waals surface area (Å²) < 4.78 is 6.76. The Hall–Kier alpha value is -3.01. The lowest BCUT2D eigenvalue weighted by atomic mass is 10.1. The van der Waals surface area contributed by atoms with E-state index in [1.54, 1.807) is 25.8 Å². The molecule has 0 bridgehead atoms. The molecule has 2 aromatic rings. The molecule has 0 aliphatic heterocycles. The molecule has 124 valence electrons. The fraction of sp³-hybridized carbons (Fsp3) is 0.353. The first-order valence-electron chi connectivity index (χ1n) is 7.68. The molecule has 1 fully saturated rings. The topological polar surface area (TPSA) is 92.0 Å². The maximum absolute atomic E-state index is 12.3. The molecular weight excluding hydrogens is 306 g/mol. The smallest absolute Gasteiger partial charge is 0.242 e. The van der Waals surface area contributed by atoms with Gasteiger partial charge in [-0.15, -0.1) is 0 Å². The Morgan fingerprint density at radius 1 is 1.50 bits per heavy atom. The van der Waals surface area contributed by atoms with Crippen LogP contribution in [0.5, 0.6) is 5.75 Å². The van der Waals surface area contributed by atoms with E-state index in [-0.39, 0.29) is 17.7 Å². The van der Waals surface area contributed by atoms with Crippen molar-refractivity contribution in [3.05, 3.63) is 41.1 Å². The molecule has 24 heavy (non-hydrogen) atoms. The Morgan fingerprint density at radius 3 is 3.00 bits per heavy atom. The largest absolute Gasteiger partial charge is 0.497 e. The molecule has 1 saturated carbocycles. The Kier molecular flexibility index (Phi) is 4.13. The van der Waals surface area contributed by atoms with Crippen LogP contribution in [0.25, 0.3) is 0 Å². The molecule has 2 unspecified atom stereocenters. The second-order valence-electron chi connectivity index (χ2n) is 5.88. The highest BCUT2D eigenvalue weighted by atomic mass is 16.5. The number of aromatic nitrogens is 2. The number of methoxy groups -OCH3 is 1. The van der Waals surface area contributed by atoms with E-state index in [4.69, 9.17) is 4.74 Å². The molecule has 0 spiro atoms. The zero-order valence-electron chi connectivity index (χ0n) is 13.8. The number of carbonyl (C=O) groups excluding carboxylic acids is 1. The SMILES string of the molecule is COc1cccc(C2CC2C(=O)NNc2c(C#N)c(C)nn2C)c1. The molecule has 1 aliphatic carbocycles. The number of aryl methyl sites for hydroxylation is 2. The summed E-state index contributed by atoms with van der Waals surface area (Å²) in [5.41, 5.74) is 7.66. The number of hydrogen-bond donors (Lipinski definition) is 2. The van der Waals surface area contributed by atoms with Gasteiger partial charge in [0.15, 0.2) is 5.82 Å². The summed E-state index contributed by atoms with van der Waals surface area (Å²) in [6.45, 7) is 1.76. The summed E-state index contributed by atoms with van der Waals surface area (Å²) in [4.78, 5) is 12.3. The van der Waals surface area contributed by atoms with Gasteiger partial charge in [0.05, 0.1) is 12.8 Å². The highest BCUT2D eigenvalue weighted by Gasteiger charge is 2.44. The molecule has 0 saturated heterocycles. The van der Waals surface area contributed by atoms with E-state index >= 15 is 0 Å². The lowest BCUT2D eigenvalue weighted by Crippen LogP contribution is -2.32. The van der Waals surface area contributed by atoms with Crippen molar-refractivity contribution < 1.29 is 9.53 Å². The summed E-state index contributed by atoms with van der Waals surface area (Å²) in [7, 11) is 3.35. The number of rotatable bonds is 5. The lowest BCUT2D eigenvalue weighted by molar-refractivity contribution is -0.121. The number of ether oxygens (including phenoxy) is 1. The van der Waals surface area contributed by atoms with Gasteiger partial charge in [0.25, 0.3) is 0 Å². The third-order valence-electron chi connectivity index (χ3n) is 4.29. The van der Waals surface area contributed by atoms with Crippen LogP contribution in [-0.4, -0.2) is 22.8 Å². The quantitative estimate of drug-likeness (QED) is 0.819. The standard InChI is InChI=1S/C17H19N5O2/c1-10-15(9-18)16(22(2)21-10)19-20-17(23)14-8-13(14)11-5-4-6-12(7-11)24-3/h4-7,13-14,19H,8H2,1-3H3,(H,20,23). The van der Waals surface area contributed by atoms with Crippen LogP contribution < -0.4 is 15.6 Å². The van der Waals surface area contributed by atoms with Gasteiger partial charge in [-0.05, 0) is 37.0 Å². The summed E-state index contributed by atoms with van der Waals surface area (Å²) >= 11 is 0. The van der Waals surface area contributed by atoms with Gasteiger partial charge >= 0.3 is 0 Å². The summed E-state index contributed by atoms with van der Waals surface area (Å²) in [6.07, 6.45) is 0.802. The van der Waals surface area contributed by atoms with Crippen LogP contribution in [0.1, 0.15) is 29.2 Å². The van der Waals surface area contributed by atoms with Gasteiger partial charge in [0.2, 0.25) is 5.91 Å². The zero-order valence-corrected chi connectivity index (χ0v) is 13.8. The molecule has 1 aromatic heterocycles. The Labute approximate surface area is 140 Å². The number of anilines is 1. The number of amides is 1. The molecular formula is C17H19N5O2. The predicted molar refractivity (Wildman–Crippen MR) is 88.3 cm³/mol. The van der Waals surface area contributed by atoms with E-state index in [0.717, 1.165) is 17.7 Å². The number of carbonyl (C=O) groups is 1. The van der Waals surface area contributed by atoms with E-state index in [9.17, 15) is 10.1 Å². The Morgan fingerprint density at radius 2 is 2.29 bits per heavy atom. The minimum Gasteiger partial charge on any atom is -0.497 e. The average Bonchev–Trinajstić information content (AvgIpc) is 3.33. The Bertz CT molecular complexity index is 821. The highest BCUT2D eigenvalue weighted by molar-refractivity contribution is 5.84. The van der Waals surface area contributed by atoms with Crippen LogP contribution >= 0.6 is 0 Å². The van der Waals surface area contributed by atoms with Crippen LogP contribution in [0.3, 0.4) is 0 Å². The first kappa shape index (κ1) is 15.9. The summed E-state index contributed by atoms with van der Waals surface area (Å²) in [5, 5.41) is 13.3. The van der Waals surface area contributed by atoms with Gasteiger partial charge in [0.1, 0.15) is 17.4 Å². The second-order valence-corrected chi connectivity index (χ2v) is 5.88. The van der Waals surface area contributed by atoms with Crippen molar-refractivity contribution in [2.24, 2.45) is 13.0 Å². The van der Waals surface area contributed by atoms with E-state index in [1.165, 1.54) is 0 Å². The van der Waals surface area contributed by atoms with E-state index in [1.807, 2.05) is 24.3 Å². The Balaban J connectivity index is 1.62. The molecule has 1 amide bonds. The van der Waals surface area contributed by atoms with Gasteiger partial charge in [-0.25, -0.2) is 0 Å². The number of hydrazine groups is 1. The fourth-order valence-electron chi connectivity index (χ4n) is 2.87. The molecule has 7 heteroatoms. The number of nitrogens with zero attached hydrogens (tertiary/aromatic N) is 3. The van der Waals surface area contributed by atoms with Crippen molar-refractivity contribution in [1.29, 1.82) is 5.26 Å². The number of nitriles is 1. The first-order chi connectivity index (χ1) is 11.5. The third-order valence-corrected chi connectivity index (χ3v) is 4.29. The molecule has 3 rings (SSSR count). The maximum atomic E-state index is 12.3. The normalized spacial score (nSPS) is 18.6. The lowest BCUT2D eigenvalue weighted by Gasteiger charge is -2.09. The van der Waals surface area contributed by atoms with E-state index in [0.29, 0.717) is 17.1 Å². The minimum absolute atomic E-state index is 0.0792. The fourth-order valence-corrected chi connectivity index (χ4v) is 2.87. The van der Waals surface area contributed by atoms with E-state index < -0.39 is 0 Å². The van der Waals surface area contributed by atoms with Crippen molar-refractivity contribution in [3.63, 3.8) is 0 Å². The van der Waals surface area contributed by atoms with Crippen LogP contribution in [0.15, 0.2) is 24.3 Å². The summed E-state index contributed by atoms with van der Waals surface area (Å²) in [5.74, 6) is 1.31. The second kappa shape index (κ2) is 6.24. The molecule has 1 aromatic carbocycles. The van der Waals surface area contributed by atoms with Crippen molar-refractivity contribution in [1.82, 2.24) is 15.2 Å². The maximum Gasteiger partial charge on any atom is 0.242 e. The van der Waals surface area contributed by atoms with Crippen LogP contribution in [0.2, 0.25) is 0 Å². The first-order valence-corrected chi connectivity index (χ1v) is 7.68. The van der Waals surface area contributed by atoms with Crippen LogP contribution in [0.4, 0.5) is 5.82 Å². The predicted octanol–water partition coefficient (Wildman–Crippen LogP) is 1.86. The highest BCUT2D eigenvalue weighted by Crippen LogP contribution is 2.48. The van der Waals surface area contributed by atoms with Crippen LogP contribution in [-0.2, 0) is 11.8 Å². The van der Waals surface area contributed by atoms with Crippen molar-refractivity contribution in [3.8, 4) is 11.8 Å². The van der Waals surface area contributed by atoms with Gasteiger partial charge in [-0.2, -0.15) is 10.4 Å². The monoisotopic (exact) mass is 325 g/mol. The molecule has 2 N–H and O–H groups in total. The number of benzene rings is 1. The van der Waals surface area contributed by atoms with Crippen molar-refractivity contribution in [2.75, 3.05) is 12.5 Å². The molecule has 1 aliphatic rings. The van der Waals surface area contributed by atoms with Crippen molar-refractivity contribution in [2.45, 2.75) is 19.3 Å². The van der Waals surface area contributed by atoms with Gasteiger partial charge in [0, 0.05) is 13.0 Å². The average molecular weight is 325 g/mol. The molecule has 2 atom stereocenters. The van der Waals surface area contributed by atoms with Gasteiger partial charge in [-0.3, -0.25) is 20.3 Å².